The molecule has 3 nitrogen and oxygen atoms in total. The highest BCUT2D eigenvalue weighted by Crippen LogP contribution is 0.800. The molecule has 3 heteroatoms. The van der Waals surface area contributed by atoms with Gasteiger partial charge in [-0.1, -0.05) is 0 Å². The van der Waals surface area contributed by atoms with Crippen LogP contribution in [0.25, 0.3) is 0 Å². The third-order valence-electron chi connectivity index (χ3n) is 0. The van der Waals surface area contributed by atoms with E-state index in [0.717, 1.165) is 7.11 Å². The highest BCUT2D eigenvalue weighted by atomic mass is 17.0. The maximum Gasteiger partial charge on any atom is 0.0319 e. The van der Waals surface area contributed by atoms with Crippen molar-refractivity contribution in [1.29, 1.82) is 0 Å². The Morgan fingerprint density at radius 2 is 1.25 bits per heavy atom. The van der Waals surface area contributed by atoms with Crippen LogP contribution in [0.1, 0.15) is 0 Å². The largest absolute Gasteiger partial charge is 0.400 e. The molecular weight excluding hydrogens is 60.0 g/mol. The monoisotopic (exact) mass is 65.0 g/mol. The van der Waals surface area contributed by atoms with Gasteiger partial charge in [-0.05, 0) is 5.26 Å². The van der Waals surface area contributed by atoms with Crippen LogP contribution in [-0.4, -0.2) is 17.5 Å². The average Bonchev–Trinajstić information content (AvgIpc) is 1.50. The number of aliphatic hydroxyl groups excluding tert-OH is 1. The molecule has 0 atom stereocenters. The summed E-state index contributed by atoms with van der Waals surface area (Å²) in [5, 5.41) is 20.0. The van der Waals surface area contributed by atoms with E-state index in [-0.39, 0.29) is 0 Å². The van der Waals surface area contributed by atoms with Crippen molar-refractivity contribution < 1.29 is 15.6 Å². The van der Waals surface area contributed by atoms with Gasteiger partial charge in [-0.15, -0.1) is 0 Å². The first-order valence-electron chi connectivity index (χ1n) is 0.630. The quantitative estimate of drug-likeness (QED) is 0.295. The second-order valence-electron chi connectivity index (χ2n) is 0. The maximum absolute atomic E-state index is 7.25. The van der Waals surface area contributed by atoms with Crippen LogP contribution >= 0.6 is 0 Å². The lowest BCUT2D eigenvalue weighted by Gasteiger charge is -1.21. The fraction of sp³-hybridized carbons (Fsp3) is 1.00. The molecular formula is CH5O3. The van der Waals surface area contributed by atoms with Crippen molar-refractivity contribution in [2.45, 2.75) is 0 Å². The molecule has 0 heterocycles. The first-order chi connectivity index (χ1) is 2.00. The highest BCUT2D eigenvalue weighted by Gasteiger charge is 0.875. The minimum atomic E-state index is 1.00. The summed E-state index contributed by atoms with van der Waals surface area (Å²) in [5.41, 5.74) is 0. The summed E-state index contributed by atoms with van der Waals surface area (Å²) in [6, 6.07) is 0. The molecule has 0 unspecified atom stereocenters. The number of rotatable bonds is 0. The SMILES string of the molecule is CO.[O]O. The van der Waals surface area contributed by atoms with Crippen LogP contribution in [0.5, 0.6) is 0 Å². The Morgan fingerprint density at radius 3 is 1.25 bits per heavy atom. The van der Waals surface area contributed by atoms with E-state index >= 15 is 0 Å². The fourth-order valence-electron chi connectivity index (χ4n) is 0. The molecule has 27 valence electrons. The summed E-state index contributed by atoms with van der Waals surface area (Å²) in [6.45, 7) is 0. The fourth-order valence-corrected chi connectivity index (χ4v) is 0. The molecule has 0 spiro atoms. The van der Waals surface area contributed by atoms with Gasteiger partial charge in [0.2, 0.25) is 0 Å². The number of hydrogen-bond acceptors (Lipinski definition) is 2. The summed E-state index contributed by atoms with van der Waals surface area (Å²) in [6.07, 6.45) is 0. The molecule has 0 aromatic rings. The van der Waals surface area contributed by atoms with Gasteiger partial charge in [-0.2, -0.15) is 0 Å². The molecule has 0 saturated carbocycles. The van der Waals surface area contributed by atoms with Crippen molar-refractivity contribution in [3.63, 3.8) is 0 Å². The third-order valence-corrected chi connectivity index (χ3v) is 0. The van der Waals surface area contributed by atoms with Gasteiger partial charge < -0.3 is 5.11 Å². The van der Waals surface area contributed by atoms with Gasteiger partial charge in [0, 0.05) is 7.11 Å². The molecule has 0 rings (SSSR count). The second-order valence-corrected chi connectivity index (χ2v) is 0. The van der Waals surface area contributed by atoms with Gasteiger partial charge in [0.25, 0.3) is 0 Å². The zero-order chi connectivity index (χ0) is 4.00. The highest BCUT2D eigenvalue weighted by molar-refractivity contribution is 3.18. The summed E-state index contributed by atoms with van der Waals surface area (Å²) in [4.78, 5) is 0. The van der Waals surface area contributed by atoms with E-state index in [2.05, 4.69) is 0 Å². The predicted octanol–water partition coefficient (Wildman–Crippen LogP) is -0.502. The van der Waals surface area contributed by atoms with Crippen LogP contribution < -0.4 is 0 Å². The standard InChI is InChI=1S/CH4O.HO2/c2*1-2/h2H,1H3;1H. The Labute approximate surface area is 24.1 Å². The van der Waals surface area contributed by atoms with Gasteiger partial charge in [-0.25, -0.2) is 5.26 Å². The van der Waals surface area contributed by atoms with Crippen LogP contribution in [0, 0.1) is 0 Å². The van der Waals surface area contributed by atoms with Gasteiger partial charge in [0.15, 0.2) is 0 Å². The first-order valence-corrected chi connectivity index (χ1v) is 0.630. The van der Waals surface area contributed by atoms with E-state index in [1.807, 2.05) is 0 Å². The van der Waals surface area contributed by atoms with Crippen molar-refractivity contribution in [2.75, 3.05) is 7.11 Å². The molecule has 0 aromatic carbocycles. The molecule has 1 radical (unpaired) electrons. The lowest BCUT2D eigenvalue weighted by Crippen LogP contribution is -1.25. The Balaban J connectivity index is 0. The smallest absolute Gasteiger partial charge is 0.0319 e. The van der Waals surface area contributed by atoms with Crippen molar-refractivity contribution in [3.8, 4) is 0 Å². The topological polar surface area (TPSA) is 60.4 Å². The van der Waals surface area contributed by atoms with E-state index in [1.165, 1.54) is 0 Å². The molecule has 0 aromatic heterocycles. The van der Waals surface area contributed by atoms with Crippen LogP contribution in [0.2, 0.25) is 0 Å². The molecule has 2 N–H and O–H groups in total. The Bertz CT molecular complexity index is 3.25. The summed E-state index contributed by atoms with van der Waals surface area (Å²) in [5.74, 6) is 0. The van der Waals surface area contributed by atoms with Gasteiger partial charge in [-0.3, -0.25) is 0 Å². The summed E-state index contributed by atoms with van der Waals surface area (Å²) in [7, 11) is 1.00. The van der Waals surface area contributed by atoms with E-state index in [1.54, 1.807) is 0 Å². The van der Waals surface area contributed by atoms with Crippen LogP contribution in [0.4, 0.5) is 0 Å². The average molecular weight is 65.0 g/mol. The molecule has 0 saturated heterocycles. The maximum atomic E-state index is 7.25. The predicted molar refractivity (Wildman–Crippen MR) is 11.5 cm³/mol. The molecule has 4 heavy (non-hydrogen) atoms. The third kappa shape index (κ3) is 101. The molecule has 0 fully saturated rings. The van der Waals surface area contributed by atoms with Crippen molar-refractivity contribution in [1.82, 2.24) is 0 Å². The molecule has 0 aliphatic rings. The van der Waals surface area contributed by atoms with Gasteiger partial charge in [0.05, 0.1) is 0 Å². The normalized spacial score (nSPS) is 3.00. The Hall–Kier alpha value is -0.120. The first kappa shape index (κ1) is 9.11. The Morgan fingerprint density at radius 1 is 1.25 bits per heavy atom. The zero-order valence-electron chi connectivity index (χ0n) is 2.30. The van der Waals surface area contributed by atoms with E-state index in [4.69, 9.17) is 15.6 Å². The number of hydrogen-bond donors (Lipinski definition) is 2. The summed E-state index contributed by atoms with van der Waals surface area (Å²) < 4.78 is 0. The lowest BCUT2D eigenvalue weighted by atomic mass is 11.8. The van der Waals surface area contributed by atoms with E-state index < -0.39 is 0 Å². The minimum Gasteiger partial charge on any atom is -0.400 e. The second kappa shape index (κ2) is 707. The van der Waals surface area contributed by atoms with Gasteiger partial charge in [0.1, 0.15) is 0 Å². The number of aliphatic hydroxyl groups is 1. The Kier molecular flexibility index (Phi) is 1610. The molecule has 0 aliphatic heterocycles. The van der Waals surface area contributed by atoms with Crippen LogP contribution in [-0.2, 0) is 5.26 Å². The van der Waals surface area contributed by atoms with E-state index in [0.29, 0.717) is 0 Å². The molecule has 0 aliphatic carbocycles. The van der Waals surface area contributed by atoms with E-state index in [9.17, 15) is 0 Å². The van der Waals surface area contributed by atoms with Crippen molar-refractivity contribution in [2.24, 2.45) is 0 Å². The lowest BCUT2D eigenvalue weighted by molar-refractivity contribution is -0.247. The van der Waals surface area contributed by atoms with Crippen molar-refractivity contribution >= 4 is 0 Å². The van der Waals surface area contributed by atoms with Gasteiger partial charge >= 0.3 is 0 Å². The molecule has 0 amide bonds. The summed E-state index contributed by atoms with van der Waals surface area (Å²) >= 11 is 0. The van der Waals surface area contributed by atoms with Crippen LogP contribution in [0.15, 0.2) is 0 Å². The zero-order valence-corrected chi connectivity index (χ0v) is 2.30. The van der Waals surface area contributed by atoms with Crippen LogP contribution in [0.3, 0.4) is 0 Å². The molecule has 0 bridgehead atoms. The minimum absolute atomic E-state index is 1.00. The van der Waals surface area contributed by atoms with Crippen molar-refractivity contribution in [3.05, 3.63) is 0 Å².